The Morgan fingerprint density at radius 1 is 1.58 bits per heavy atom. The van der Waals surface area contributed by atoms with Gasteiger partial charge in [-0.2, -0.15) is 5.26 Å². The summed E-state index contributed by atoms with van der Waals surface area (Å²) in [5.41, 5.74) is -0.350. The summed E-state index contributed by atoms with van der Waals surface area (Å²) in [6, 6.07) is 2.25. The van der Waals surface area contributed by atoms with E-state index in [4.69, 9.17) is 14.7 Å². The quantitative estimate of drug-likeness (QED) is 0.626. The molecule has 2 atom stereocenters. The third kappa shape index (κ3) is 1.60. The van der Waals surface area contributed by atoms with Crippen LogP contribution in [0.1, 0.15) is 20.3 Å². The van der Waals surface area contributed by atoms with Gasteiger partial charge in [0.15, 0.2) is 0 Å². The Bertz CT molecular complexity index is 195. The van der Waals surface area contributed by atoms with E-state index in [1.807, 2.05) is 13.8 Å². The fraction of sp³-hybridized carbons (Fsp3) is 0.889. The fourth-order valence-electron chi connectivity index (χ4n) is 1.52. The number of ether oxygens (including phenoxy) is 2. The van der Waals surface area contributed by atoms with Crippen LogP contribution in [0.5, 0.6) is 0 Å². The molecule has 3 heteroatoms. The lowest BCUT2D eigenvalue weighted by atomic mass is 9.90. The van der Waals surface area contributed by atoms with Gasteiger partial charge in [-0.15, -0.1) is 0 Å². The van der Waals surface area contributed by atoms with Gasteiger partial charge in [0.05, 0.1) is 17.6 Å². The molecule has 2 unspecified atom stereocenters. The number of nitrogens with zero attached hydrogens (tertiary/aromatic N) is 1. The van der Waals surface area contributed by atoms with E-state index in [1.54, 1.807) is 7.11 Å². The van der Waals surface area contributed by atoms with Crippen LogP contribution in [0.25, 0.3) is 0 Å². The summed E-state index contributed by atoms with van der Waals surface area (Å²) in [5, 5.41) is 8.81. The van der Waals surface area contributed by atoms with E-state index in [1.165, 1.54) is 0 Å². The highest BCUT2D eigenvalue weighted by Crippen LogP contribution is 2.30. The number of nitriles is 1. The van der Waals surface area contributed by atoms with Gasteiger partial charge in [-0.05, 0) is 20.3 Å². The molecule has 1 aliphatic rings. The SMILES string of the molecule is COC(C)(C)C1OCCC1C#N. The third-order valence-corrected chi connectivity index (χ3v) is 2.47. The minimum Gasteiger partial charge on any atom is -0.376 e. The van der Waals surface area contributed by atoms with E-state index < -0.39 is 0 Å². The van der Waals surface area contributed by atoms with Crippen molar-refractivity contribution in [2.75, 3.05) is 13.7 Å². The van der Waals surface area contributed by atoms with E-state index >= 15 is 0 Å². The fourth-order valence-corrected chi connectivity index (χ4v) is 1.52. The second kappa shape index (κ2) is 3.42. The lowest BCUT2D eigenvalue weighted by Gasteiger charge is -2.30. The molecule has 0 aromatic rings. The molecule has 1 fully saturated rings. The van der Waals surface area contributed by atoms with Gasteiger partial charge in [0, 0.05) is 13.7 Å². The van der Waals surface area contributed by atoms with Crippen molar-refractivity contribution in [2.45, 2.75) is 32.0 Å². The number of methoxy groups -OCH3 is 1. The summed E-state index contributed by atoms with van der Waals surface area (Å²) in [6.07, 6.45) is 0.751. The number of rotatable bonds is 2. The van der Waals surface area contributed by atoms with Crippen LogP contribution >= 0.6 is 0 Å². The van der Waals surface area contributed by atoms with Crippen molar-refractivity contribution < 1.29 is 9.47 Å². The van der Waals surface area contributed by atoms with Crippen LogP contribution in [0, 0.1) is 17.2 Å². The van der Waals surface area contributed by atoms with E-state index in [2.05, 4.69) is 6.07 Å². The van der Waals surface area contributed by atoms with Crippen LogP contribution in [0.2, 0.25) is 0 Å². The highest BCUT2D eigenvalue weighted by atomic mass is 16.5. The zero-order valence-corrected chi connectivity index (χ0v) is 7.83. The molecular formula is C9H15NO2. The summed E-state index contributed by atoms with van der Waals surface area (Å²) >= 11 is 0. The van der Waals surface area contributed by atoms with Crippen molar-refractivity contribution in [2.24, 2.45) is 5.92 Å². The van der Waals surface area contributed by atoms with E-state index in [9.17, 15) is 0 Å². The summed E-state index contributed by atoms with van der Waals surface area (Å²) in [5.74, 6) is -0.0139. The van der Waals surface area contributed by atoms with Gasteiger partial charge in [0.25, 0.3) is 0 Å². The minimum absolute atomic E-state index is 0.0139. The van der Waals surface area contributed by atoms with Gasteiger partial charge in [-0.1, -0.05) is 0 Å². The zero-order chi connectivity index (χ0) is 9.19. The molecule has 3 nitrogen and oxygen atoms in total. The molecule has 0 saturated carbocycles. The predicted octanol–water partition coefficient (Wildman–Crippen LogP) is 1.34. The van der Waals surface area contributed by atoms with Gasteiger partial charge in [-0.25, -0.2) is 0 Å². The third-order valence-electron chi connectivity index (χ3n) is 2.47. The van der Waals surface area contributed by atoms with Crippen molar-refractivity contribution in [3.8, 4) is 6.07 Å². The molecule has 1 saturated heterocycles. The summed E-state index contributed by atoms with van der Waals surface area (Å²) in [4.78, 5) is 0. The van der Waals surface area contributed by atoms with Gasteiger partial charge in [-0.3, -0.25) is 0 Å². The maximum absolute atomic E-state index is 8.81. The molecular weight excluding hydrogens is 154 g/mol. The van der Waals surface area contributed by atoms with Gasteiger partial charge in [0.1, 0.15) is 6.10 Å². The highest BCUT2D eigenvalue weighted by Gasteiger charge is 2.40. The molecule has 0 aromatic carbocycles. The molecule has 0 amide bonds. The first-order valence-corrected chi connectivity index (χ1v) is 4.18. The predicted molar refractivity (Wildman–Crippen MR) is 44.5 cm³/mol. The normalized spacial score (nSPS) is 30.2. The zero-order valence-electron chi connectivity index (χ0n) is 7.83. The van der Waals surface area contributed by atoms with E-state index in [0.717, 1.165) is 6.42 Å². The van der Waals surface area contributed by atoms with Crippen LogP contribution in [0.3, 0.4) is 0 Å². The van der Waals surface area contributed by atoms with Crippen LogP contribution in [-0.2, 0) is 9.47 Å². The molecule has 1 heterocycles. The molecule has 68 valence electrons. The summed E-state index contributed by atoms with van der Waals surface area (Å²) < 4.78 is 10.7. The largest absolute Gasteiger partial charge is 0.376 e. The molecule has 0 N–H and O–H groups in total. The lowest BCUT2D eigenvalue weighted by Crippen LogP contribution is -2.41. The Labute approximate surface area is 73.3 Å². The monoisotopic (exact) mass is 169 g/mol. The maximum Gasteiger partial charge on any atom is 0.102 e. The van der Waals surface area contributed by atoms with Crippen LogP contribution < -0.4 is 0 Å². The smallest absolute Gasteiger partial charge is 0.102 e. The van der Waals surface area contributed by atoms with Gasteiger partial charge in [0.2, 0.25) is 0 Å². The molecule has 0 radical (unpaired) electrons. The average Bonchev–Trinajstić information content (AvgIpc) is 2.52. The summed E-state index contributed by atoms with van der Waals surface area (Å²) in [6.45, 7) is 4.58. The van der Waals surface area contributed by atoms with Gasteiger partial charge < -0.3 is 9.47 Å². The molecule has 0 bridgehead atoms. The van der Waals surface area contributed by atoms with Crippen molar-refractivity contribution >= 4 is 0 Å². The molecule has 1 rings (SSSR count). The highest BCUT2D eigenvalue weighted by molar-refractivity contribution is 4.99. The van der Waals surface area contributed by atoms with Gasteiger partial charge >= 0.3 is 0 Å². The maximum atomic E-state index is 8.81. The van der Waals surface area contributed by atoms with Crippen molar-refractivity contribution in [1.29, 1.82) is 5.26 Å². The Kier molecular flexibility index (Phi) is 2.71. The Balaban J connectivity index is 2.68. The Morgan fingerprint density at radius 3 is 2.75 bits per heavy atom. The molecule has 0 spiro atoms. The van der Waals surface area contributed by atoms with Crippen LogP contribution in [0.4, 0.5) is 0 Å². The first-order valence-electron chi connectivity index (χ1n) is 4.18. The number of hydrogen-bond acceptors (Lipinski definition) is 3. The molecule has 12 heavy (non-hydrogen) atoms. The number of hydrogen-bond donors (Lipinski definition) is 0. The lowest BCUT2D eigenvalue weighted by molar-refractivity contribution is -0.0938. The van der Waals surface area contributed by atoms with Crippen molar-refractivity contribution in [1.82, 2.24) is 0 Å². The second-order valence-electron chi connectivity index (χ2n) is 3.62. The average molecular weight is 169 g/mol. The molecule has 0 aromatic heterocycles. The standard InChI is InChI=1S/C9H15NO2/c1-9(2,11-3)8-7(6-10)4-5-12-8/h7-8H,4-5H2,1-3H3. The van der Waals surface area contributed by atoms with Crippen LogP contribution in [-0.4, -0.2) is 25.4 Å². The topological polar surface area (TPSA) is 42.2 Å². The van der Waals surface area contributed by atoms with E-state index in [-0.39, 0.29) is 17.6 Å². The first kappa shape index (κ1) is 9.50. The van der Waals surface area contributed by atoms with Crippen molar-refractivity contribution in [3.05, 3.63) is 0 Å². The Morgan fingerprint density at radius 2 is 2.25 bits per heavy atom. The summed E-state index contributed by atoms with van der Waals surface area (Å²) in [7, 11) is 1.65. The van der Waals surface area contributed by atoms with E-state index in [0.29, 0.717) is 6.61 Å². The minimum atomic E-state index is -0.350. The molecule has 1 aliphatic heterocycles. The molecule has 0 aliphatic carbocycles. The first-order chi connectivity index (χ1) is 5.61. The second-order valence-corrected chi connectivity index (χ2v) is 3.62. The Hall–Kier alpha value is -0.590. The van der Waals surface area contributed by atoms with Crippen LogP contribution in [0.15, 0.2) is 0 Å². The van der Waals surface area contributed by atoms with Crippen molar-refractivity contribution in [3.63, 3.8) is 0 Å².